The quantitative estimate of drug-likeness (QED) is 0.869. The Morgan fingerprint density at radius 2 is 1.91 bits per heavy atom. The Hall–Kier alpha value is -2.33. The lowest BCUT2D eigenvalue weighted by Gasteiger charge is -2.33. The van der Waals surface area contributed by atoms with Crippen molar-refractivity contribution in [2.24, 2.45) is 0 Å². The highest BCUT2D eigenvalue weighted by Crippen LogP contribution is 2.23. The van der Waals surface area contributed by atoms with Crippen LogP contribution in [-0.4, -0.2) is 37.1 Å². The fourth-order valence-corrected chi connectivity index (χ4v) is 2.75. The minimum Gasteiger partial charge on any atom is -0.494 e. The summed E-state index contributed by atoms with van der Waals surface area (Å²) in [5.74, 6) is 0.825. The molecule has 1 heterocycles. The standard InChI is InChI=1S/C19H21NO3/c1-2-22-17-10-8-16(9-11-17)19(21)20-12-13-23-18(14-20)15-6-4-3-5-7-15/h3-11,18H,2,12-14H2,1H3. The van der Waals surface area contributed by atoms with Gasteiger partial charge in [0.15, 0.2) is 0 Å². The molecule has 120 valence electrons. The summed E-state index contributed by atoms with van der Waals surface area (Å²) >= 11 is 0. The molecule has 1 atom stereocenters. The van der Waals surface area contributed by atoms with Gasteiger partial charge >= 0.3 is 0 Å². The van der Waals surface area contributed by atoms with Crippen molar-refractivity contribution in [2.45, 2.75) is 13.0 Å². The van der Waals surface area contributed by atoms with Crippen molar-refractivity contribution in [3.05, 3.63) is 65.7 Å². The third-order valence-electron chi connectivity index (χ3n) is 3.94. The molecular weight excluding hydrogens is 290 g/mol. The number of morpholine rings is 1. The molecule has 0 saturated carbocycles. The van der Waals surface area contributed by atoms with Gasteiger partial charge < -0.3 is 14.4 Å². The molecule has 0 bridgehead atoms. The first-order chi connectivity index (χ1) is 11.3. The lowest BCUT2D eigenvalue weighted by atomic mass is 10.1. The summed E-state index contributed by atoms with van der Waals surface area (Å²) in [4.78, 5) is 14.5. The van der Waals surface area contributed by atoms with Gasteiger partial charge in [-0.3, -0.25) is 4.79 Å². The zero-order chi connectivity index (χ0) is 16.1. The van der Waals surface area contributed by atoms with Gasteiger partial charge in [-0.05, 0) is 36.8 Å². The lowest BCUT2D eigenvalue weighted by Crippen LogP contribution is -2.42. The molecule has 1 unspecified atom stereocenters. The molecule has 1 fully saturated rings. The molecule has 1 amide bonds. The average molecular weight is 311 g/mol. The van der Waals surface area contributed by atoms with E-state index in [9.17, 15) is 4.79 Å². The zero-order valence-corrected chi connectivity index (χ0v) is 13.3. The van der Waals surface area contributed by atoms with Crippen LogP contribution in [-0.2, 0) is 4.74 Å². The maximum Gasteiger partial charge on any atom is 0.254 e. The molecule has 0 aromatic heterocycles. The predicted octanol–water partition coefficient (Wildman–Crippen LogP) is 3.30. The van der Waals surface area contributed by atoms with Crippen LogP contribution in [0.4, 0.5) is 0 Å². The molecule has 0 spiro atoms. The van der Waals surface area contributed by atoms with Crippen molar-refractivity contribution in [3.63, 3.8) is 0 Å². The van der Waals surface area contributed by atoms with E-state index >= 15 is 0 Å². The Morgan fingerprint density at radius 3 is 2.61 bits per heavy atom. The number of nitrogens with zero attached hydrogens (tertiary/aromatic N) is 1. The number of ether oxygens (including phenoxy) is 2. The molecule has 1 aliphatic rings. The molecule has 1 saturated heterocycles. The summed E-state index contributed by atoms with van der Waals surface area (Å²) in [6, 6.07) is 17.4. The third-order valence-corrected chi connectivity index (χ3v) is 3.94. The zero-order valence-electron chi connectivity index (χ0n) is 13.3. The molecule has 4 heteroatoms. The van der Waals surface area contributed by atoms with E-state index in [4.69, 9.17) is 9.47 Å². The van der Waals surface area contributed by atoms with Gasteiger partial charge in [-0.15, -0.1) is 0 Å². The van der Waals surface area contributed by atoms with Crippen LogP contribution in [0.1, 0.15) is 28.9 Å². The van der Waals surface area contributed by atoms with E-state index in [-0.39, 0.29) is 12.0 Å². The highest BCUT2D eigenvalue weighted by molar-refractivity contribution is 5.94. The SMILES string of the molecule is CCOc1ccc(C(=O)N2CCOC(c3ccccc3)C2)cc1. The summed E-state index contributed by atoms with van der Waals surface area (Å²) in [5, 5.41) is 0. The van der Waals surface area contributed by atoms with E-state index in [0.717, 1.165) is 11.3 Å². The minimum atomic E-state index is -0.0587. The first kappa shape index (κ1) is 15.6. The Bertz CT molecular complexity index is 639. The van der Waals surface area contributed by atoms with E-state index < -0.39 is 0 Å². The largest absolute Gasteiger partial charge is 0.494 e. The first-order valence-corrected chi connectivity index (χ1v) is 7.96. The second-order valence-electron chi connectivity index (χ2n) is 5.48. The van der Waals surface area contributed by atoms with Gasteiger partial charge in [0.2, 0.25) is 0 Å². The minimum absolute atomic E-state index is 0.0391. The van der Waals surface area contributed by atoms with E-state index in [1.54, 1.807) is 0 Å². The smallest absolute Gasteiger partial charge is 0.254 e. The van der Waals surface area contributed by atoms with Gasteiger partial charge in [0.05, 0.1) is 19.8 Å². The van der Waals surface area contributed by atoms with Crippen LogP contribution in [0.5, 0.6) is 5.75 Å². The maximum atomic E-state index is 12.7. The molecule has 4 nitrogen and oxygen atoms in total. The van der Waals surface area contributed by atoms with Crippen molar-refractivity contribution in [1.29, 1.82) is 0 Å². The Kier molecular flexibility index (Phi) is 4.93. The number of hydrogen-bond donors (Lipinski definition) is 0. The van der Waals surface area contributed by atoms with Crippen LogP contribution < -0.4 is 4.74 Å². The number of benzene rings is 2. The van der Waals surface area contributed by atoms with Crippen molar-refractivity contribution in [3.8, 4) is 5.75 Å². The topological polar surface area (TPSA) is 38.8 Å². The summed E-state index contributed by atoms with van der Waals surface area (Å²) in [5.41, 5.74) is 1.79. The highest BCUT2D eigenvalue weighted by Gasteiger charge is 2.25. The summed E-state index contributed by atoms with van der Waals surface area (Å²) in [7, 11) is 0. The Balaban J connectivity index is 1.69. The number of carbonyl (C=O) groups is 1. The van der Waals surface area contributed by atoms with Crippen LogP contribution in [0.15, 0.2) is 54.6 Å². The summed E-state index contributed by atoms with van der Waals surface area (Å²) in [6.07, 6.45) is -0.0587. The highest BCUT2D eigenvalue weighted by atomic mass is 16.5. The Morgan fingerprint density at radius 1 is 1.17 bits per heavy atom. The molecule has 2 aromatic carbocycles. The van der Waals surface area contributed by atoms with Crippen molar-refractivity contribution in [1.82, 2.24) is 4.90 Å². The van der Waals surface area contributed by atoms with Crippen LogP contribution in [0, 0.1) is 0 Å². The van der Waals surface area contributed by atoms with Gasteiger partial charge in [-0.2, -0.15) is 0 Å². The number of rotatable bonds is 4. The van der Waals surface area contributed by atoms with E-state index in [2.05, 4.69) is 0 Å². The molecule has 23 heavy (non-hydrogen) atoms. The van der Waals surface area contributed by atoms with Gasteiger partial charge in [-0.25, -0.2) is 0 Å². The molecular formula is C19H21NO3. The van der Waals surface area contributed by atoms with Crippen LogP contribution in [0.25, 0.3) is 0 Å². The normalized spacial score (nSPS) is 17.8. The Labute approximate surface area is 136 Å². The van der Waals surface area contributed by atoms with Gasteiger partial charge in [-0.1, -0.05) is 30.3 Å². The summed E-state index contributed by atoms with van der Waals surface area (Å²) < 4.78 is 11.2. The van der Waals surface area contributed by atoms with E-state index in [0.29, 0.717) is 31.9 Å². The fraction of sp³-hybridized carbons (Fsp3) is 0.316. The van der Waals surface area contributed by atoms with Crippen LogP contribution >= 0.6 is 0 Å². The molecule has 1 aliphatic heterocycles. The monoisotopic (exact) mass is 311 g/mol. The lowest BCUT2D eigenvalue weighted by molar-refractivity contribution is -0.0228. The van der Waals surface area contributed by atoms with Gasteiger partial charge in [0.25, 0.3) is 5.91 Å². The van der Waals surface area contributed by atoms with Gasteiger partial charge in [0, 0.05) is 12.1 Å². The average Bonchev–Trinajstić information content (AvgIpc) is 2.63. The van der Waals surface area contributed by atoms with Crippen molar-refractivity contribution < 1.29 is 14.3 Å². The predicted molar refractivity (Wildman–Crippen MR) is 88.6 cm³/mol. The third kappa shape index (κ3) is 3.71. The molecule has 0 N–H and O–H groups in total. The van der Waals surface area contributed by atoms with E-state index in [1.165, 1.54) is 0 Å². The fourth-order valence-electron chi connectivity index (χ4n) is 2.75. The maximum absolute atomic E-state index is 12.7. The van der Waals surface area contributed by atoms with Crippen LogP contribution in [0.2, 0.25) is 0 Å². The summed E-state index contributed by atoms with van der Waals surface area (Å²) in [6.45, 7) is 4.32. The van der Waals surface area contributed by atoms with E-state index in [1.807, 2.05) is 66.4 Å². The number of hydrogen-bond acceptors (Lipinski definition) is 3. The second kappa shape index (κ2) is 7.29. The number of carbonyl (C=O) groups excluding carboxylic acids is 1. The second-order valence-corrected chi connectivity index (χ2v) is 5.48. The van der Waals surface area contributed by atoms with Crippen molar-refractivity contribution >= 4 is 5.91 Å². The molecule has 2 aromatic rings. The van der Waals surface area contributed by atoms with Gasteiger partial charge in [0.1, 0.15) is 11.9 Å². The van der Waals surface area contributed by atoms with Crippen LogP contribution in [0.3, 0.4) is 0 Å². The first-order valence-electron chi connectivity index (χ1n) is 7.96. The van der Waals surface area contributed by atoms with Crippen molar-refractivity contribution in [2.75, 3.05) is 26.3 Å². The molecule has 0 radical (unpaired) electrons. The number of amides is 1. The molecule has 3 rings (SSSR count). The molecule has 0 aliphatic carbocycles.